The van der Waals surface area contributed by atoms with Crippen LogP contribution < -0.4 is 0 Å². The van der Waals surface area contributed by atoms with Gasteiger partial charge < -0.3 is 4.90 Å². The summed E-state index contributed by atoms with van der Waals surface area (Å²) in [5.41, 5.74) is 0. The molecule has 86 valence electrons. The first kappa shape index (κ1) is 13.3. The van der Waals surface area contributed by atoms with Crippen LogP contribution in [-0.2, 0) is 6.54 Å². The van der Waals surface area contributed by atoms with E-state index in [1.165, 1.54) is 17.7 Å². The van der Waals surface area contributed by atoms with E-state index in [-0.39, 0.29) is 0 Å². The number of hydrogen-bond donors (Lipinski definition) is 0. The van der Waals surface area contributed by atoms with Crippen molar-refractivity contribution in [1.82, 2.24) is 4.90 Å². The molecule has 0 atom stereocenters. The minimum atomic E-state index is 0.782. The van der Waals surface area contributed by atoms with Gasteiger partial charge in [0, 0.05) is 17.3 Å². The Balaban J connectivity index is 2.15. The molecule has 0 aromatic carbocycles. The van der Waals surface area contributed by atoms with Gasteiger partial charge in [-0.2, -0.15) is 0 Å². The van der Waals surface area contributed by atoms with Crippen LogP contribution in [0.4, 0.5) is 0 Å². The van der Waals surface area contributed by atoms with E-state index in [9.17, 15) is 0 Å². The van der Waals surface area contributed by atoms with Crippen molar-refractivity contribution in [3.05, 3.63) is 21.3 Å². The van der Waals surface area contributed by atoms with Crippen LogP contribution in [0.5, 0.6) is 0 Å². The molecule has 0 bridgehead atoms. The lowest BCUT2D eigenvalue weighted by Gasteiger charge is -2.14. The Morgan fingerprint density at radius 3 is 2.67 bits per heavy atom. The second-order valence-electron chi connectivity index (χ2n) is 3.69. The Kier molecular flexibility index (Phi) is 6.66. The molecule has 0 unspecified atom stereocenters. The van der Waals surface area contributed by atoms with Crippen molar-refractivity contribution < 1.29 is 0 Å². The Bertz CT molecular complexity index is 275. The number of hydrogen-bond acceptors (Lipinski definition) is 2. The van der Waals surface area contributed by atoms with Crippen molar-refractivity contribution in [2.24, 2.45) is 0 Å². The van der Waals surface area contributed by atoms with E-state index >= 15 is 0 Å². The number of alkyl halides is 1. The van der Waals surface area contributed by atoms with Crippen LogP contribution in [0.3, 0.4) is 0 Å². The lowest BCUT2D eigenvalue weighted by molar-refractivity contribution is 0.321. The molecule has 1 nitrogen and oxygen atoms in total. The summed E-state index contributed by atoms with van der Waals surface area (Å²) in [6, 6.07) is 4.06. The molecule has 0 aliphatic carbocycles. The van der Waals surface area contributed by atoms with Gasteiger partial charge in [-0.3, -0.25) is 0 Å². The summed E-state index contributed by atoms with van der Waals surface area (Å²) in [5, 5.41) is 0. The van der Waals surface area contributed by atoms with Crippen molar-refractivity contribution in [1.29, 1.82) is 0 Å². The first-order valence-corrected chi connectivity index (χ1v) is 6.94. The maximum absolute atomic E-state index is 5.87. The third-order valence-electron chi connectivity index (χ3n) is 2.23. The molecule has 0 fully saturated rings. The molecule has 0 aliphatic heterocycles. The van der Waals surface area contributed by atoms with Gasteiger partial charge in [-0.25, -0.2) is 0 Å². The van der Waals surface area contributed by atoms with Crippen LogP contribution in [0.1, 0.15) is 24.1 Å². The van der Waals surface area contributed by atoms with Crippen LogP contribution in [0.15, 0.2) is 12.1 Å². The van der Waals surface area contributed by atoms with Crippen LogP contribution in [0.25, 0.3) is 0 Å². The number of nitrogens with zero attached hydrogens (tertiary/aromatic N) is 1. The minimum absolute atomic E-state index is 0.782. The van der Waals surface area contributed by atoms with E-state index in [1.807, 2.05) is 6.07 Å². The third-order valence-corrected chi connectivity index (χ3v) is 3.71. The van der Waals surface area contributed by atoms with Crippen molar-refractivity contribution in [2.75, 3.05) is 19.5 Å². The van der Waals surface area contributed by atoms with E-state index in [0.717, 1.165) is 29.7 Å². The maximum atomic E-state index is 5.87. The molecular formula is C11H17Cl2NS. The number of unbranched alkanes of at least 4 members (excludes halogenated alkanes) is 2. The van der Waals surface area contributed by atoms with E-state index in [1.54, 1.807) is 11.3 Å². The van der Waals surface area contributed by atoms with Gasteiger partial charge in [0.1, 0.15) is 0 Å². The fourth-order valence-electron chi connectivity index (χ4n) is 1.43. The molecule has 0 spiro atoms. The number of halogens is 2. The first-order chi connectivity index (χ1) is 7.22. The smallest absolute Gasteiger partial charge is 0.0931 e. The zero-order valence-corrected chi connectivity index (χ0v) is 11.3. The highest BCUT2D eigenvalue weighted by molar-refractivity contribution is 7.16. The van der Waals surface area contributed by atoms with Gasteiger partial charge in [0.25, 0.3) is 0 Å². The molecule has 1 aromatic heterocycles. The van der Waals surface area contributed by atoms with Crippen LogP contribution in [0.2, 0.25) is 4.34 Å². The standard InChI is InChI=1S/C11H17Cl2NS/c1-14(8-4-2-3-7-12)9-10-5-6-11(13)15-10/h5-6H,2-4,7-9H2,1H3. The van der Waals surface area contributed by atoms with E-state index in [2.05, 4.69) is 18.0 Å². The summed E-state index contributed by atoms with van der Waals surface area (Å²) in [6.07, 6.45) is 3.57. The molecule has 0 N–H and O–H groups in total. The third kappa shape index (κ3) is 5.76. The lowest BCUT2D eigenvalue weighted by Crippen LogP contribution is -2.18. The highest BCUT2D eigenvalue weighted by Crippen LogP contribution is 2.22. The predicted octanol–water partition coefficient (Wildman–Crippen LogP) is 4.24. The summed E-state index contributed by atoms with van der Waals surface area (Å²) in [7, 11) is 2.15. The van der Waals surface area contributed by atoms with Gasteiger partial charge in [0.05, 0.1) is 4.34 Å². The largest absolute Gasteiger partial charge is 0.301 e. The van der Waals surface area contributed by atoms with Crippen molar-refractivity contribution in [3.8, 4) is 0 Å². The van der Waals surface area contributed by atoms with Crippen LogP contribution in [-0.4, -0.2) is 24.4 Å². The second kappa shape index (κ2) is 7.50. The van der Waals surface area contributed by atoms with Crippen molar-refractivity contribution >= 4 is 34.5 Å². The first-order valence-electron chi connectivity index (χ1n) is 5.21. The van der Waals surface area contributed by atoms with Gasteiger partial charge in [0.15, 0.2) is 0 Å². The fourth-order valence-corrected chi connectivity index (χ4v) is 2.79. The summed E-state index contributed by atoms with van der Waals surface area (Å²) in [5.74, 6) is 0.782. The summed E-state index contributed by atoms with van der Waals surface area (Å²) in [4.78, 5) is 3.66. The number of rotatable bonds is 7. The minimum Gasteiger partial charge on any atom is -0.301 e. The molecule has 1 heterocycles. The summed E-state index contributed by atoms with van der Waals surface area (Å²) >= 11 is 13.2. The molecule has 0 amide bonds. The van der Waals surface area contributed by atoms with Gasteiger partial charge >= 0.3 is 0 Å². The molecule has 0 radical (unpaired) electrons. The van der Waals surface area contributed by atoms with Gasteiger partial charge in [-0.05, 0) is 38.6 Å². The highest BCUT2D eigenvalue weighted by atomic mass is 35.5. The molecule has 4 heteroatoms. The summed E-state index contributed by atoms with van der Waals surface area (Å²) in [6.45, 7) is 2.13. The average Bonchev–Trinajstić information content (AvgIpc) is 2.59. The van der Waals surface area contributed by atoms with Gasteiger partial charge in [-0.1, -0.05) is 18.0 Å². The van der Waals surface area contributed by atoms with Gasteiger partial charge in [0.2, 0.25) is 0 Å². The Hall–Kier alpha value is 0.240. The molecule has 1 rings (SSSR count). The topological polar surface area (TPSA) is 3.24 Å². The zero-order valence-electron chi connectivity index (χ0n) is 9.01. The Morgan fingerprint density at radius 2 is 2.07 bits per heavy atom. The molecule has 1 aromatic rings. The van der Waals surface area contributed by atoms with Gasteiger partial charge in [-0.15, -0.1) is 22.9 Å². The monoisotopic (exact) mass is 265 g/mol. The van der Waals surface area contributed by atoms with Crippen LogP contribution in [0, 0.1) is 0 Å². The fraction of sp³-hybridized carbons (Fsp3) is 0.636. The van der Waals surface area contributed by atoms with Crippen LogP contribution >= 0.6 is 34.5 Å². The quantitative estimate of drug-likeness (QED) is 0.527. The lowest BCUT2D eigenvalue weighted by atomic mass is 10.2. The highest BCUT2D eigenvalue weighted by Gasteiger charge is 2.02. The van der Waals surface area contributed by atoms with E-state index in [0.29, 0.717) is 0 Å². The predicted molar refractivity (Wildman–Crippen MR) is 70.2 cm³/mol. The molecule has 15 heavy (non-hydrogen) atoms. The zero-order chi connectivity index (χ0) is 11.1. The molecule has 0 saturated carbocycles. The molecule has 0 saturated heterocycles. The second-order valence-corrected chi connectivity index (χ2v) is 5.87. The SMILES string of the molecule is CN(CCCCCCl)Cc1ccc(Cl)s1. The average molecular weight is 266 g/mol. The summed E-state index contributed by atoms with van der Waals surface area (Å²) < 4.78 is 0.876. The van der Waals surface area contributed by atoms with Crippen molar-refractivity contribution in [3.63, 3.8) is 0 Å². The van der Waals surface area contributed by atoms with E-state index in [4.69, 9.17) is 23.2 Å². The normalized spacial score (nSPS) is 11.2. The molecular weight excluding hydrogens is 249 g/mol. The molecule has 0 aliphatic rings. The Labute approximate surface area is 106 Å². The number of thiophene rings is 1. The Morgan fingerprint density at radius 1 is 1.27 bits per heavy atom. The van der Waals surface area contributed by atoms with Crippen molar-refractivity contribution in [2.45, 2.75) is 25.8 Å². The maximum Gasteiger partial charge on any atom is 0.0931 e. The van der Waals surface area contributed by atoms with E-state index < -0.39 is 0 Å².